The molecule has 21 heavy (non-hydrogen) atoms. The molecule has 0 radical (unpaired) electrons. The highest BCUT2D eigenvalue weighted by atomic mass is 16.4. The quantitative estimate of drug-likeness (QED) is 0.799. The first kappa shape index (κ1) is 13.4. The van der Waals surface area contributed by atoms with Gasteiger partial charge in [-0.3, -0.25) is 0 Å². The summed E-state index contributed by atoms with van der Waals surface area (Å²) >= 11 is 0. The van der Waals surface area contributed by atoms with Crippen molar-refractivity contribution in [1.29, 1.82) is 5.26 Å². The predicted octanol–water partition coefficient (Wildman–Crippen LogP) is 2.59. The number of rotatable bonds is 3. The van der Waals surface area contributed by atoms with Gasteiger partial charge < -0.3 is 14.7 Å². The van der Waals surface area contributed by atoms with E-state index in [0.717, 1.165) is 5.56 Å². The van der Waals surface area contributed by atoms with Gasteiger partial charge in [0, 0.05) is 24.1 Å². The summed E-state index contributed by atoms with van der Waals surface area (Å²) in [5.74, 6) is 0.929. The Hall–Kier alpha value is -2.58. The van der Waals surface area contributed by atoms with Gasteiger partial charge in [-0.2, -0.15) is 5.26 Å². The molecule has 0 amide bonds. The first-order valence-corrected chi connectivity index (χ1v) is 6.76. The van der Waals surface area contributed by atoms with E-state index in [4.69, 9.17) is 15.4 Å². The average molecular weight is 280 g/mol. The number of aryl methyl sites for hydroxylation is 2. The van der Waals surface area contributed by atoms with Gasteiger partial charge in [-0.05, 0) is 25.0 Å². The molecule has 5 heteroatoms. The molecule has 2 N–H and O–H groups in total. The molecule has 3 rings (SSSR count). The van der Waals surface area contributed by atoms with Crippen LogP contribution in [-0.4, -0.2) is 9.55 Å². The van der Waals surface area contributed by atoms with Gasteiger partial charge in [0.2, 0.25) is 5.89 Å². The van der Waals surface area contributed by atoms with Crippen molar-refractivity contribution in [3.05, 3.63) is 53.4 Å². The molecular weight excluding hydrogens is 264 g/mol. The van der Waals surface area contributed by atoms with Crippen molar-refractivity contribution in [1.82, 2.24) is 9.55 Å². The lowest BCUT2D eigenvalue weighted by Gasteiger charge is -2.06. The molecule has 5 nitrogen and oxygen atoms in total. The molecule has 0 spiro atoms. The molecule has 0 aliphatic rings. The second-order valence-corrected chi connectivity index (χ2v) is 5.16. The Kier molecular flexibility index (Phi) is 3.24. The van der Waals surface area contributed by atoms with Crippen LogP contribution in [0.4, 0.5) is 0 Å². The first-order chi connectivity index (χ1) is 10.1. The second kappa shape index (κ2) is 5.08. The van der Waals surface area contributed by atoms with Gasteiger partial charge >= 0.3 is 0 Å². The van der Waals surface area contributed by atoms with E-state index in [-0.39, 0.29) is 6.04 Å². The summed E-state index contributed by atoms with van der Waals surface area (Å²) in [6, 6.07) is 9.83. The maximum atomic E-state index is 8.93. The number of para-hydroxylation sites is 1. The number of nitriles is 1. The van der Waals surface area contributed by atoms with Crippen molar-refractivity contribution < 1.29 is 4.42 Å². The number of aromatic nitrogens is 2. The van der Waals surface area contributed by atoms with Crippen LogP contribution in [0.2, 0.25) is 0 Å². The third-order valence-electron chi connectivity index (χ3n) is 3.66. The van der Waals surface area contributed by atoms with Crippen LogP contribution in [0.1, 0.15) is 29.0 Å². The third-order valence-corrected chi connectivity index (χ3v) is 3.66. The smallest absolute Gasteiger partial charge is 0.212 e. The van der Waals surface area contributed by atoms with Crippen molar-refractivity contribution in [2.24, 2.45) is 12.8 Å². The van der Waals surface area contributed by atoms with Gasteiger partial charge in [0.1, 0.15) is 11.8 Å². The van der Waals surface area contributed by atoms with E-state index in [1.165, 1.54) is 10.9 Å². The lowest BCUT2D eigenvalue weighted by molar-refractivity contribution is 0.431. The van der Waals surface area contributed by atoms with Crippen LogP contribution in [0, 0.1) is 18.3 Å². The standard InChI is InChI=1S/C16H16N4O/c1-10-14(8-17)19-16(21-10)13(18)7-11-9-20(2)15-6-4-3-5-12(11)15/h3-6,9,13H,7,18H2,1-2H3/t13-/m1/s1. The van der Waals surface area contributed by atoms with Crippen LogP contribution >= 0.6 is 0 Å². The molecular formula is C16H16N4O. The Labute approximate surface area is 122 Å². The van der Waals surface area contributed by atoms with Crippen LogP contribution in [0.5, 0.6) is 0 Å². The summed E-state index contributed by atoms with van der Waals surface area (Å²) in [6.45, 7) is 1.72. The molecule has 106 valence electrons. The van der Waals surface area contributed by atoms with Crippen LogP contribution < -0.4 is 5.73 Å². The number of fused-ring (bicyclic) bond motifs is 1. The molecule has 0 bridgehead atoms. The highest BCUT2D eigenvalue weighted by Crippen LogP contribution is 2.25. The Balaban J connectivity index is 1.93. The molecule has 2 heterocycles. The maximum Gasteiger partial charge on any atom is 0.212 e. The minimum atomic E-state index is -0.364. The molecule has 1 aromatic carbocycles. The van der Waals surface area contributed by atoms with E-state index < -0.39 is 0 Å². The fourth-order valence-corrected chi connectivity index (χ4v) is 2.59. The Morgan fingerprint density at radius 2 is 2.19 bits per heavy atom. The SMILES string of the molecule is Cc1oc([C@H](N)Cc2cn(C)c3ccccc23)nc1C#N. The van der Waals surface area contributed by atoms with E-state index in [0.29, 0.717) is 23.8 Å². The van der Waals surface area contributed by atoms with E-state index in [1.807, 2.05) is 25.2 Å². The van der Waals surface area contributed by atoms with Crippen molar-refractivity contribution in [2.75, 3.05) is 0 Å². The molecule has 1 atom stereocenters. The highest BCUT2D eigenvalue weighted by molar-refractivity contribution is 5.83. The van der Waals surface area contributed by atoms with E-state index >= 15 is 0 Å². The minimum Gasteiger partial charge on any atom is -0.443 e. The monoisotopic (exact) mass is 280 g/mol. The average Bonchev–Trinajstić information content (AvgIpc) is 3.01. The van der Waals surface area contributed by atoms with Gasteiger partial charge in [-0.15, -0.1) is 0 Å². The van der Waals surface area contributed by atoms with Crippen molar-refractivity contribution in [3.8, 4) is 6.07 Å². The molecule has 0 unspecified atom stereocenters. The normalized spacial score (nSPS) is 12.5. The maximum absolute atomic E-state index is 8.93. The fraction of sp³-hybridized carbons (Fsp3) is 0.250. The predicted molar refractivity (Wildman–Crippen MR) is 79.5 cm³/mol. The number of benzene rings is 1. The summed E-state index contributed by atoms with van der Waals surface area (Å²) in [5.41, 5.74) is 8.81. The second-order valence-electron chi connectivity index (χ2n) is 5.16. The number of nitrogens with two attached hydrogens (primary N) is 1. The molecule has 0 saturated carbocycles. The zero-order chi connectivity index (χ0) is 15.0. The lowest BCUT2D eigenvalue weighted by Crippen LogP contribution is -2.13. The van der Waals surface area contributed by atoms with Crippen molar-refractivity contribution in [2.45, 2.75) is 19.4 Å². The zero-order valence-electron chi connectivity index (χ0n) is 12.0. The summed E-state index contributed by atoms with van der Waals surface area (Å²) < 4.78 is 7.58. The highest BCUT2D eigenvalue weighted by Gasteiger charge is 2.18. The summed E-state index contributed by atoms with van der Waals surface area (Å²) in [7, 11) is 2.01. The molecule has 0 aliphatic carbocycles. The number of oxazole rings is 1. The number of hydrogen-bond acceptors (Lipinski definition) is 4. The van der Waals surface area contributed by atoms with Gasteiger partial charge in [0.05, 0.1) is 6.04 Å². The summed E-state index contributed by atoms with van der Waals surface area (Å²) in [4.78, 5) is 4.15. The molecule has 2 aromatic heterocycles. The van der Waals surface area contributed by atoms with Crippen molar-refractivity contribution in [3.63, 3.8) is 0 Å². The van der Waals surface area contributed by atoms with Gasteiger partial charge in [-0.1, -0.05) is 18.2 Å². The van der Waals surface area contributed by atoms with E-state index in [2.05, 4.69) is 27.9 Å². The van der Waals surface area contributed by atoms with Crippen LogP contribution in [0.15, 0.2) is 34.9 Å². The minimum absolute atomic E-state index is 0.304. The van der Waals surface area contributed by atoms with Crippen molar-refractivity contribution >= 4 is 10.9 Å². The van der Waals surface area contributed by atoms with Crippen LogP contribution in [0.3, 0.4) is 0 Å². The van der Waals surface area contributed by atoms with Gasteiger partial charge in [0.15, 0.2) is 5.69 Å². The molecule has 0 aliphatic heterocycles. The Morgan fingerprint density at radius 1 is 1.43 bits per heavy atom. The largest absolute Gasteiger partial charge is 0.443 e. The Bertz CT molecular complexity index is 838. The lowest BCUT2D eigenvalue weighted by atomic mass is 10.1. The summed E-state index contributed by atoms with van der Waals surface area (Å²) in [6.07, 6.45) is 2.69. The van der Waals surface area contributed by atoms with Crippen LogP contribution in [0.25, 0.3) is 10.9 Å². The molecule has 3 aromatic rings. The zero-order valence-corrected chi connectivity index (χ0v) is 12.0. The third kappa shape index (κ3) is 2.30. The summed E-state index contributed by atoms with van der Waals surface area (Å²) in [5, 5.41) is 10.1. The van der Waals surface area contributed by atoms with Gasteiger partial charge in [0.25, 0.3) is 0 Å². The molecule has 0 saturated heterocycles. The van der Waals surface area contributed by atoms with E-state index in [1.54, 1.807) is 6.92 Å². The number of nitrogens with zero attached hydrogens (tertiary/aromatic N) is 3. The van der Waals surface area contributed by atoms with Crippen LogP contribution in [-0.2, 0) is 13.5 Å². The van der Waals surface area contributed by atoms with E-state index in [9.17, 15) is 0 Å². The molecule has 0 fully saturated rings. The number of hydrogen-bond donors (Lipinski definition) is 1. The van der Waals surface area contributed by atoms with Gasteiger partial charge in [-0.25, -0.2) is 4.98 Å². The topological polar surface area (TPSA) is 80.8 Å². The fourth-order valence-electron chi connectivity index (χ4n) is 2.59. The first-order valence-electron chi connectivity index (χ1n) is 6.76. The Morgan fingerprint density at radius 3 is 2.90 bits per heavy atom.